The van der Waals surface area contributed by atoms with Gasteiger partial charge >= 0.3 is 0 Å². The van der Waals surface area contributed by atoms with Crippen LogP contribution in [0.5, 0.6) is 0 Å². The summed E-state index contributed by atoms with van der Waals surface area (Å²) in [4.78, 5) is 47.4. The largest absolute Gasteiger partial charge is 0.294 e. The highest BCUT2D eigenvalue weighted by atomic mass is 16.2. The molecular weight excluding hydrogens is 244 g/mol. The van der Waals surface area contributed by atoms with Gasteiger partial charge in [-0.15, -0.1) is 0 Å². The summed E-state index contributed by atoms with van der Waals surface area (Å²) in [5.41, 5.74) is -0.195. The maximum Gasteiger partial charge on any atom is 0.197 e. The lowest BCUT2D eigenvalue weighted by atomic mass is 9.84. The third-order valence-electron chi connectivity index (χ3n) is 3.00. The van der Waals surface area contributed by atoms with E-state index in [-0.39, 0.29) is 24.0 Å². The molecule has 0 bridgehead atoms. The Morgan fingerprint density at radius 2 is 1.42 bits per heavy atom. The zero-order valence-corrected chi connectivity index (χ0v) is 10.4. The van der Waals surface area contributed by atoms with Gasteiger partial charge in [0.15, 0.2) is 23.1 Å². The van der Waals surface area contributed by atoms with Crippen molar-refractivity contribution >= 4 is 23.1 Å². The van der Waals surface area contributed by atoms with E-state index in [0.717, 1.165) is 0 Å². The van der Waals surface area contributed by atoms with Crippen LogP contribution in [-0.2, 0) is 14.4 Å². The van der Waals surface area contributed by atoms with E-state index in [4.69, 9.17) is 0 Å². The van der Waals surface area contributed by atoms with E-state index in [9.17, 15) is 19.2 Å². The second-order valence-corrected chi connectivity index (χ2v) is 4.35. The Morgan fingerprint density at radius 3 is 1.95 bits per heavy atom. The van der Waals surface area contributed by atoms with Crippen LogP contribution in [0, 0.1) is 0 Å². The van der Waals surface area contributed by atoms with E-state index in [1.807, 2.05) is 0 Å². The minimum atomic E-state index is -0.552. The molecule has 1 aromatic rings. The minimum Gasteiger partial charge on any atom is -0.294 e. The lowest BCUT2D eigenvalue weighted by Crippen LogP contribution is -2.27. The van der Waals surface area contributed by atoms with Crippen LogP contribution < -0.4 is 0 Å². The van der Waals surface area contributed by atoms with Gasteiger partial charge in [0.25, 0.3) is 0 Å². The number of Topliss-reactive ketones (excluding diaryl/α,β-unsaturated/α-hetero) is 4. The smallest absolute Gasteiger partial charge is 0.197 e. The summed E-state index contributed by atoms with van der Waals surface area (Å²) < 4.78 is 0. The molecule has 0 saturated carbocycles. The Bertz CT molecular complexity index is 608. The van der Waals surface area contributed by atoms with Crippen LogP contribution in [0.2, 0.25) is 0 Å². The molecule has 0 aromatic heterocycles. The molecule has 0 fully saturated rings. The van der Waals surface area contributed by atoms with Gasteiger partial charge in [-0.3, -0.25) is 19.2 Å². The van der Waals surface area contributed by atoms with Gasteiger partial charge in [-0.1, -0.05) is 30.3 Å². The van der Waals surface area contributed by atoms with Crippen molar-refractivity contribution in [3.8, 4) is 0 Å². The van der Waals surface area contributed by atoms with Gasteiger partial charge in [-0.25, -0.2) is 0 Å². The van der Waals surface area contributed by atoms with E-state index in [2.05, 4.69) is 0 Å². The Labute approximate surface area is 110 Å². The van der Waals surface area contributed by atoms with Gasteiger partial charge < -0.3 is 0 Å². The average Bonchev–Trinajstić information content (AvgIpc) is 2.41. The SMILES string of the molecule is CC(=O)C1=C(C(=O)c2ccccc2)C(=O)CCC1=O. The highest BCUT2D eigenvalue weighted by molar-refractivity contribution is 6.38. The molecule has 0 spiro atoms. The summed E-state index contributed by atoms with van der Waals surface area (Å²) in [7, 11) is 0. The van der Waals surface area contributed by atoms with Crippen LogP contribution >= 0.6 is 0 Å². The van der Waals surface area contributed by atoms with Crippen molar-refractivity contribution in [2.75, 3.05) is 0 Å². The number of hydrogen-bond donors (Lipinski definition) is 0. The van der Waals surface area contributed by atoms with Gasteiger partial charge in [0.2, 0.25) is 0 Å². The predicted molar refractivity (Wildman–Crippen MR) is 67.7 cm³/mol. The second kappa shape index (κ2) is 5.10. The zero-order chi connectivity index (χ0) is 14.0. The summed E-state index contributed by atoms with van der Waals surface area (Å²) >= 11 is 0. The molecule has 0 heterocycles. The van der Waals surface area contributed by atoms with Crippen molar-refractivity contribution < 1.29 is 19.2 Å². The molecule has 4 heteroatoms. The summed E-state index contributed by atoms with van der Waals surface area (Å²) in [5, 5.41) is 0. The van der Waals surface area contributed by atoms with Crippen LogP contribution in [0.3, 0.4) is 0 Å². The van der Waals surface area contributed by atoms with Gasteiger partial charge in [-0.05, 0) is 6.92 Å². The lowest BCUT2D eigenvalue weighted by Gasteiger charge is -2.15. The molecule has 0 unspecified atom stereocenters. The van der Waals surface area contributed by atoms with Crippen LogP contribution in [-0.4, -0.2) is 23.1 Å². The van der Waals surface area contributed by atoms with Crippen molar-refractivity contribution in [2.24, 2.45) is 0 Å². The molecule has 0 radical (unpaired) electrons. The molecule has 0 saturated heterocycles. The average molecular weight is 256 g/mol. The first-order chi connectivity index (χ1) is 9.02. The molecule has 0 atom stereocenters. The van der Waals surface area contributed by atoms with Gasteiger partial charge in [0, 0.05) is 18.4 Å². The third-order valence-corrected chi connectivity index (χ3v) is 3.00. The first kappa shape index (κ1) is 13.1. The Hall–Kier alpha value is -2.36. The molecule has 1 aromatic carbocycles. The molecule has 4 nitrogen and oxygen atoms in total. The van der Waals surface area contributed by atoms with Crippen molar-refractivity contribution in [1.82, 2.24) is 0 Å². The fourth-order valence-electron chi connectivity index (χ4n) is 2.10. The Morgan fingerprint density at radius 1 is 0.895 bits per heavy atom. The van der Waals surface area contributed by atoms with Gasteiger partial charge in [0.1, 0.15) is 0 Å². The number of rotatable bonds is 3. The number of carbonyl (C=O) groups excluding carboxylic acids is 4. The maximum absolute atomic E-state index is 12.3. The molecule has 0 amide bonds. The van der Waals surface area contributed by atoms with E-state index in [0.29, 0.717) is 5.56 Å². The van der Waals surface area contributed by atoms with Crippen LogP contribution in [0.4, 0.5) is 0 Å². The topological polar surface area (TPSA) is 68.3 Å². The van der Waals surface area contributed by atoms with Crippen molar-refractivity contribution in [3.05, 3.63) is 47.0 Å². The Balaban J connectivity index is 2.58. The molecule has 0 aliphatic heterocycles. The molecule has 1 aliphatic rings. The van der Waals surface area contributed by atoms with Crippen LogP contribution in [0.15, 0.2) is 41.5 Å². The number of benzene rings is 1. The van der Waals surface area contributed by atoms with Crippen molar-refractivity contribution in [2.45, 2.75) is 19.8 Å². The third kappa shape index (κ3) is 2.42. The fourth-order valence-corrected chi connectivity index (χ4v) is 2.10. The fraction of sp³-hybridized carbons (Fsp3) is 0.200. The first-order valence-electron chi connectivity index (χ1n) is 5.93. The number of hydrogen-bond acceptors (Lipinski definition) is 4. The summed E-state index contributed by atoms with van der Waals surface area (Å²) in [6, 6.07) is 8.18. The second-order valence-electron chi connectivity index (χ2n) is 4.35. The summed E-state index contributed by atoms with van der Waals surface area (Å²) in [6.45, 7) is 1.20. The number of allylic oxidation sites excluding steroid dienone is 2. The maximum atomic E-state index is 12.3. The molecule has 19 heavy (non-hydrogen) atoms. The molecule has 96 valence electrons. The molecular formula is C15H12O4. The van der Waals surface area contributed by atoms with E-state index < -0.39 is 23.1 Å². The lowest BCUT2D eigenvalue weighted by molar-refractivity contribution is -0.125. The predicted octanol–water partition coefficient (Wildman–Crippen LogP) is 1.69. The number of ketones is 4. The highest BCUT2D eigenvalue weighted by Gasteiger charge is 2.33. The minimum absolute atomic E-state index is 0.000678. The van der Waals surface area contributed by atoms with Crippen molar-refractivity contribution in [1.29, 1.82) is 0 Å². The molecule has 0 N–H and O–H groups in total. The van der Waals surface area contributed by atoms with Gasteiger partial charge in [0.05, 0.1) is 11.1 Å². The summed E-state index contributed by atoms with van der Waals surface area (Å²) in [5.74, 6) is -1.94. The monoisotopic (exact) mass is 256 g/mol. The normalized spacial score (nSPS) is 15.6. The van der Waals surface area contributed by atoms with Gasteiger partial charge in [-0.2, -0.15) is 0 Å². The Kier molecular flexibility index (Phi) is 3.51. The standard InChI is InChI=1S/C15H12O4/c1-9(16)13-11(17)7-8-12(18)14(13)15(19)10-5-3-2-4-6-10/h2-6H,7-8H2,1H3. The summed E-state index contributed by atoms with van der Waals surface area (Å²) in [6.07, 6.45) is -0.0111. The van der Waals surface area contributed by atoms with Crippen molar-refractivity contribution in [3.63, 3.8) is 0 Å². The molecule has 2 rings (SSSR count). The van der Waals surface area contributed by atoms with Crippen LogP contribution in [0.25, 0.3) is 0 Å². The first-order valence-corrected chi connectivity index (χ1v) is 5.93. The quantitative estimate of drug-likeness (QED) is 0.609. The number of carbonyl (C=O) groups is 4. The molecule has 1 aliphatic carbocycles. The van der Waals surface area contributed by atoms with E-state index in [1.54, 1.807) is 30.3 Å². The zero-order valence-electron chi connectivity index (χ0n) is 10.4. The highest BCUT2D eigenvalue weighted by Crippen LogP contribution is 2.23. The van der Waals surface area contributed by atoms with Crippen LogP contribution in [0.1, 0.15) is 30.1 Å². The van der Waals surface area contributed by atoms with E-state index in [1.165, 1.54) is 6.92 Å². The van der Waals surface area contributed by atoms with E-state index >= 15 is 0 Å².